The van der Waals surface area contributed by atoms with Crippen molar-refractivity contribution in [2.24, 2.45) is 0 Å². The normalized spacial score (nSPS) is 11.3. The van der Waals surface area contributed by atoms with Crippen molar-refractivity contribution in [3.8, 4) is 0 Å². The highest BCUT2D eigenvalue weighted by atomic mass is 35.5. The molecule has 4 nitrogen and oxygen atoms in total. The quantitative estimate of drug-likeness (QED) is 0.831. The summed E-state index contributed by atoms with van der Waals surface area (Å²) in [6.07, 6.45) is 1.19. The second-order valence-corrected chi connectivity index (χ2v) is 8.13. The second kappa shape index (κ2) is 7.15. The predicted molar refractivity (Wildman–Crippen MR) is 92.2 cm³/mol. The van der Waals surface area contributed by atoms with Crippen molar-refractivity contribution in [1.29, 1.82) is 0 Å². The summed E-state index contributed by atoms with van der Waals surface area (Å²) in [4.78, 5) is 14.0. The molecule has 1 amide bonds. The molecule has 6 heteroatoms. The van der Waals surface area contributed by atoms with Crippen molar-refractivity contribution < 1.29 is 13.2 Å². The highest BCUT2D eigenvalue weighted by Crippen LogP contribution is 2.14. The van der Waals surface area contributed by atoms with E-state index in [0.717, 1.165) is 5.56 Å². The fourth-order valence-corrected chi connectivity index (χ4v) is 3.13. The molecular formula is C17H18ClNO3S. The van der Waals surface area contributed by atoms with Crippen molar-refractivity contribution in [3.63, 3.8) is 0 Å². The van der Waals surface area contributed by atoms with Crippen LogP contribution in [0.25, 0.3) is 0 Å². The molecule has 0 saturated heterocycles. The van der Waals surface area contributed by atoms with Gasteiger partial charge in [0.05, 0.1) is 5.75 Å². The Balaban J connectivity index is 2.05. The van der Waals surface area contributed by atoms with E-state index < -0.39 is 9.84 Å². The van der Waals surface area contributed by atoms with E-state index in [1.165, 1.54) is 6.26 Å². The molecule has 0 heterocycles. The summed E-state index contributed by atoms with van der Waals surface area (Å²) >= 11 is 5.84. The first-order valence-electron chi connectivity index (χ1n) is 7.01. The molecule has 0 aromatic heterocycles. The highest BCUT2D eigenvalue weighted by Gasteiger charge is 2.13. The second-order valence-electron chi connectivity index (χ2n) is 5.55. The lowest BCUT2D eigenvalue weighted by molar-refractivity contribution is 0.0785. The van der Waals surface area contributed by atoms with E-state index in [1.54, 1.807) is 48.3 Å². The van der Waals surface area contributed by atoms with E-state index in [0.29, 0.717) is 22.7 Å². The molecule has 0 radical (unpaired) electrons. The Morgan fingerprint density at radius 2 is 1.52 bits per heavy atom. The van der Waals surface area contributed by atoms with Gasteiger partial charge in [0.15, 0.2) is 9.84 Å². The molecule has 0 aliphatic rings. The molecular weight excluding hydrogens is 334 g/mol. The highest BCUT2D eigenvalue weighted by molar-refractivity contribution is 7.89. The largest absolute Gasteiger partial charge is 0.337 e. The van der Waals surface area contributed by atoms with Gasteiger partial charge in [0.2, 0.25) is 0 Å². The van der Waals surface area contributed by atoms with Gasteiger partial charge in [-0.05, 0) is 35.4 Å². The van der Waals surface area contributed by atoms with Gasteiger partial charge >= 0.3 is 0 Å². The van der Waals surface area contributed by atoms with Crippen LogP contribution in [0.15, 0.2) is 48.5 Å². The van der Waals surface area contributed by atoms with Crippen LogP contribution in [-0.4, -0.2) is 32.5 Å². The molecule has 0 fully saturated rings. The van der Waals surface area contributed by atoms with Crippen LogP contribution < -0.4 is 0 Å². The first-order chi connectivity index (χ1) is 10.7. The van der Waals surface area contributed by atoms with E-state index in [1.807, 2.05) is 12.1 Å². The van der Waals surface area contributed by atoms with Gasteiger partial charge in [-0.2, -0.15) is 0 Å². The Hall–Kier alpha value is -1.85. The summed E-state index contributed by atoms with van der Waals surface area (Å²) in [5.74, 6) is -0.145. The van der Waals surface area contributed by atoms with E-state index in [9.17, 15) is 13.2 Å². The van der Waals surface area contributed by atoms with Gasteiger partial charge in [-0.3, -0.25) is 4.79 Å². The van der Waals surface area contributed by atoms with Gasteiger partial charge < -0.3 is 4.90 Å². The van der Waals surface area contributed by atoms with Crippen LogP contribution >= 0.6 is 11.6 Å². The van der Waals surface area contributed by atoms with Crippen LogP contribution in [0, 0.1) is 0 Å². The molecule has 0 bridgehead atoms. The number of benzene rings is 2. The fourth-order valence-electron chi connectivity index (χ4n) is 2.20. The van der Waals surface area contributed by atoms with Gasteiger partial charge in [-0.15, -0.1) is 0 Å². The average molecular weight is 352 g/mol. The van der Waals surface area contributed by atoms with Crippen LogP contribution in [0.2, 0.25) is 5.02 Å². The number of carbonyl (C=O) groups excluding carboxylic acids is 1. The lowest BCUT2D eigenvalue weighted by Crippen LogP contribution is -2.26. The van der Waals surface area contributed by atoms with Crippen LogP contribution in [0.1, 0.15) is 21.5 Å². The minimum absolute atomic E-state index is 0.0257. The summed E-state index contributed by atoms with van der Waals surface area (Å²) in [6.45, 7) is 0.473. The SMILES string of the molecule is CN(Cc1ccc(Cl)cc1)C(=O)c1ccc(CS(C)(=O)=O)cc1. The molecule has 0 unspecified atom stereocenters. The molecule has 23 heavy (non-hydrogen) atoms. The maximum atomic E-state index is 12.4. The molecule has 2 aromatic carbocycles. The predicted octanol–water partition coefficient (Wildman–Crippen LogP) is 3.16. The monoisotopic (exact) mass is 351 g/mol. The number of amides is 1. The molecule has 0 N–H and O–H groups in total. The summed E-state index contributed by atoms with van der Waals surface area (Å²) in [7, 11) is -1.35. The van der Waals surface area contributed by atoms with Gasteiger partial charge in [0, 0.05) is 30.4 Å². The zero-order chi connectivity index (χ0) is 17.0. The maximum Gasteiger partial charge on any atom is 0.253 e. The molecule has 0 saturated carbocycles. The third-order valence-electron chi connectivity index (χ3n) is 3.31. The molecule has 2 aromatic rings. The van der Waals surface area contributed by atoms with Crippen molar-refractivity contribution in [2.75, 3.05) is 13.3 Å². The van der Waals surface area contributed by atoms with Crippen molar-refractivity contribution in [3.05, 3.63) is 70.2 Å². The van der Waals surface area contributed by atoms with Gasteiger partial charge in [-0.25, -0.2) is 8.42 Å². The van der Waals surface area contributed by atoms with Crippen molar-refractivity contribution in [1.82, 2.24) is 4.90 Å². The van der Waals surface area contributed by atoms with Crippen molar-refractivity contribution in [2.45, 2.75) is 12.3 Å². The molecule has 0 atom stereocenters. The third-order valence-corrected chi connectivity index (χ3v) is 4.42. The van der Waals surface area contributed by atoms with Gasteiger partial charge in [0.25, 0.3) is 5.91 Å². The summed E-state index contributed by atoms with van der Waals surface area (Å²) in [5, 5.41) is 0.657. The maximum absolute atomic E-state index is 12.4. The minimum Gasteiger partial charge on any atom is -0.337 e. The zero-order valence-electron chi connectivity index (χ0n) is 13.0. The van der Waals surface area contributed by atoms with Crippen molar-refractivity contribution >= 4 is 27.3 Å². The number of rotatable bonds is 5. The van der Waals surface area contributed by atoms with Crippen LogP contribution in [0.5, 0.6) is 0 Å². The van der Waals surface area contributed by atoms with Crippen LogP contribution in [0.4, 0.5) is 0 Å². The topological polar surface area (TPSA) is 54.5 Å². The first kappa shape index (κ1) is 17.5. The average Bonchev–Trinajstić information content (AvgIpc) is 2.48. The number of halogens is 1. The number of carbonyl (C=O) groups is 1. The molecule has 2 rings (SSSR count). The Morgan fingerprint density at radius 1 is 1.00 bits per heavy atom. The molecule has 0 aliphatic carbocycles. The number of hydrogen-bond donors (Lipinski definition) is 0. The standard InChI is InChI=1S/C17H18ClNO3S/c1-19(11-13-5-9-16(18)10-6-13)17(20)15-7-3-14(4-8-15)12-23(2,21)22/h3-10H,11-12H2,1-2H3. The van der Waals surface area contributed by atoms with Gasteiger partial charge in [0.1, 0.15) is 0 Å². The number of sulfone groups is 1. The Bertz CT molecular complexity index is 784. The number of hydrogen-bond acceptors (Lipinski definition) is 3. The summed E-state index contributed by atoms with van der Waals surface area (Å²) in [5.41, 5.74) is 2.18. The summed E-state index contributed by atoms with van der Waals surface area (Å²) in [6, 6.07) is 14.0. The van der Waals surface area contributed by atoms with E-state index in [-0.39, 0.29) is 11.7 Å². The van der Waals surface area contributed by atoms with E-state index in [2.05, 4.69) is 0 Å². The Morgan fingerprint density at radius 3 is 2.04 bits per heavy atom. The van der Waals surface area contributed by atoms with E-state index in [4.69, 9.17) is 11.6 Å². The van der Waals surface area contributed by atoms with Crippen LogP contribution in [0.3, 0.4) is 0 Å². The fraction of sp³-hybridized carbons (Fsp3) is 0.235. The Labute approximate surface area is 141 Å². The lowest BCUT2D eigenvalue weighted by Gasteiger charge is -2.17. The smallest absolute Gasteiger partial charge is 0.253 e. The first-order valence-corrected chi connectivity index (χ1v) is 9.45. The van der Waals surface area contributed by atoms with Gasteiger partial charge in [-0.1, -0.05) is 35.9 Å². The molecule has 0 aliphatic heterocycles. The molecule has 0 spiro atoms. The number of nitrogens with zero attached hydrogens (tertiary/aromatic N) is 1. The van der Waals surface area contributed by atoms with Crippen LogP contribution in [-0.2, 0) is 22.1 Å². The Kier molecular flexibility index (Phi) is 5.44. The third kappa shape index (κ3) is 5.37. The van der Waals surface area contributed by atoms with E-state index >= 15 is 0 Å². The molecule has 122 valence electrons. The minimum atomic E-state index is -3.08. The summed E-state index contributed by atoms with van der Waals surface area (Å²) < 4.78 is 22.5. The zero-order valence-corrected chi connectivity index (χ0v) is 14.6. The lowest BCUT2D eigenvalue weighted by atomic mass is 10.1.